The van der Waals surface area contributed by atoms with Crippen LogP contribution in [0.15, 0.2) is 0 Å². The van der Waals surface area contributed by atoms with Crippen LogP contribution in [-0.4, -0.2) is 41.5 Å². The van der Waals surface area contributed by atoms with Crippen LogP contribution in [0.3, 0.4) is 0 Å². The summed E-state index contributed by atoms with van der Waals surface area (Å²) in [5.41, 5.74) is 2.93. The van der Waals surface area contributed by atoms with Gasteiger partial charge in [-0.2, -0.15) is 0 Å². The van der Waals surface area contributed by atoms with Crippen LogP contribution in [0.2, 0.25) is 0 Å². The van der Waals surface area contributed by atoms with Crippen molar-refractivity contribution in [2.45, 2.75) is 45.1 Å². The third kappa shape index (κ3) is 6.76. The SMILES string of the molecule is CCCNC(=O)CC(O)(CC(N)=O)C(=O)NCCC. The summed E-state index contributed by atoms with van der Waals surface area (Å²) >= 11 is 0. The minimum Gasteiger partial charge on any atom is -0.379 e. The van der Waals surface area contributed by atoms with Crippen LogP contribution in [0.1, 0.15) is 39.5 Å². The summed E-state index contributed by atoms with van der Waals surface area (Å²) in [5.74, 6) is -2.07. The van der Waals surface area contributed by atoms with Gasteiger partial charge in [0.05, 0.1) is 12.8 Å². The molecule has 0 aliphatic rings. The lowest BCUT2D eigenvalue weighted by atomic mass is 9.93. The molecule has 0 rings (SSSR count). The number of aliphatic hydroxyl groups is 1. The number of rotatable bonds is 9. The summed E-state index contributed by atoms with van der Waals surface area (Å²) in [6, 6.07) is 0. The van der Waals surface area contributed by atoms with E-state index in [2.05, 4.69) is 10.6 Å². The van der Waals surface area contributed by atoms with E-state index in [9.17, 15) is 19.5 Å². The van der Waals surface area contributed by atoms with Gasteiger partial charge in [-0.15, -0.1) is 0 Å². The Morgan fingerprint density at radius 3 is 2.05 bits per heavy atom. The van der Waals surface area contributed by atoms with Crippen molar-refractivity contribution in [3.63, 3.8) is 0 Å². The highest BCUT2D eigenvalue weighted by atomic mass is 16.3. The van der Waals surface area contributed by atoms with Gasteiger partial charge in [0.15, 0.2) is 5.60 Å². The van der Waals surface area contributed by atoms with Crippen LogP contribution in [0.5, 0.6) is 0 Å². The van der Waals surface area contributed by atoms with E-state index >= 15 is 0 Å². The number of carbonyl (C=O) groups is 3. The van der Waals surface area contributed by atoms with Gasteiger partial charge in [0, 0.05) is 13.1 Å². The highest BCUT2D eigenvalue weighted by molar-refractivity contribution is 5.94. The van der Waals surface area contributed by atoms with Crippen LogP contribution >= 0.6 is 0 Å². The van der Waals surface area contributed by atoms with Crippen molar-refractivity contribution in [3.8, 4) is 0 Å². The Hall–Kier alpha value is -1.63. The average molecular weight is 273 g/mol. The summed E-state index contributed by atoms with van der Waals surface area (Å²) in [6.45, 7) is 4.53. The van der Waals surface area contributed by atoms with Crippen molar-refractivity contribution in [3.05, 3.63) is 0 Å². The van der Waals surface area contributed by atoms with Gasteiger partial charge in [-0.3, -0.25) is 14.4 Å². The molecule has 0 saturated carbocycles. The van der Waals surface area contributed by atoms with E-state index in [0.717, 1.165) is 6.42 Å². The largest absolute Gasteiger partial charge is 0.379 e. The van der Waals surface area contributed by atoms with Gasteiger partial charge in [-0.1, -0.05) is 13.8 Å². The zero-order valence-electron chi connectivity index (χ0n) is 11.5. The zero-order chi connectivity index (χ0) is 14.9. The number of hydrogen-bond acceptors (Lipinski definition) is 4. The number of nitrogens with two attached hydrogens (primary N) is 1. The molecule has 0 spiro atoms. The lowest BCUT2D eigenvalue weighted by Gasteiger charge is -2.25. The Balaban J connectivity index is 4.71. The Morgan fingerprint density at radius 2 is 1.58 bits per heavy atom. The number of hydrogen-bond donors (Lipinski definition) is 4. The summed E-state index contributed by atoms with van der Waals surface area (Å²) in [5, 5.41) is 15.2. The van der Waals surface area contributed by atoms with Crippen molar-refractivity contribution >= 4 is 17.7 Å². The third-order valence-corrected chi connectivity index (χ3v) is 2.45. The third-order valence-electron chi connectivity index (χ3n) is 2.45. The molecular weight excluding hydrogens is 250 g/mol. The lowest BCUT2D eigenvalue weighted by molar-refractivity contribution is -0.149. The maximum Gasteiger partial charge on any atom is 0.253 e. The van der Waals surface area contributed by atoms with Crippen LogP contribution in [0.25, 0.3) is 0 Å². The predicted molar refractivity (Wildman–Crippen MR) is 70.0 cm³/mol. The summed E-state index contributed by atoms with van der Waals surface area (Å²) in [6.07, 6.45) is 0.357. The molecule has 7 heteroatoms. The molecule has 0 saturated heterocycles. The normalized spacial score (nSPS) is 13.4. The number of nitrogens with one attached hydrogen (secondary N) is 2. The maximum absolute atomic E-state index is 11.8. The molecule has 0 radical (unpaired) electrons. The van der Waals surface area contributed by atoms with Gasteiger partial charge in [0.25, 0.3) is 5.91 Å². The second-order valence-electron chi connectivity index (χ2n) is 4.46. The minimum absolute atomic E-state index is 0.358. The molecule has 0 aromatic rings. The first-order chi connectivity index (χ1) is 8.85. The smallest absolute Gasteiger partial charge is 0.253 e. The molecule has 0 aromatic carbocycles. The van der Waals surface area contributed by atoms with Crippen LogP contribution in [-0.2, 0) is 14.4 Å². The second kappa shape index (κ2) is 8.47. The van der Waals surface area contributed by atoms with Crippen LogP contribution in [0, 0.1) is 0 Å². The van der Waals surface area contributed by atoms with Gasteiger partial charge < -0.3 is 21.5 Å². The molecule has 0 aliphatic heterocycles. The quantitative estimate of drug-likeness (QED) is 0.432. The number of primary amides is 1. The van der Waals surface area contributed by atoms with E-state index in [1.165, 1.54) is 0 Å². The highest BCUT2D eigenvalue weighted by Crippen LogP contribution is 2.15. The highest BCUT2D eigenvalue weighted by Gasteiger charge is 2.39. The first kappa shape index (κ1) is 17.4. The molecule has 7 nitrogen and oxygen atoms in total. The molecule has 0 aromatic heterocycles. The number of amides is 3. The van der Waals surface area contributed by atoms with Gasteiger partial charge in [0.2, 0.25) is 11.8 Å². The topological polar surface area (TPSA) is 122 Å². The van der Waals surface area contributed by atoms with E-state index in [1.807, 2.05) is 13.8 Å². The van der Waals surface area contributed by atoms with Crippen molar-refractivity contribution < 1.29 is 19.5 Å². The lowest BCUT2D eigenvalue weighted by Crippen LogP contribution is -2.52. The Labute approximate surface area is 112 Å². The standard InChI is InChI=1S/C12H23N3O4/c1-3-5-14-10(17)8-12(19,7-9(13)16)11(18)15-6-4-2/h19H,3-8H2,1-2H3,(H2,13,16)(H,14,17)(H,15,18). The van der Waals surface area contributed by atoms with Crippen molar-refractivity contribution in [2.24, 2.45) is 5.73 Å². The molecule has 0 aliphatic carbocycles. The van der Waals surface area contributed by atoms with Crippen molar-refractivity contribution in [2.75, 3.05) is 13.1 Å². The number of carbonyl (C=O) groups excluding carboxylic acids is 3. The second-order valence-corrected chi connectivity index (χ2v) is 4.46. The summed E-state index contributed by atoms with van der Waals surface area (Å²) in [4.78, 5) is 34.3. The predicted octanol–water partition coefficient (Wildman–Crippen LogP) is -0.965. The van der Waals surface area contributed by atoms with Gasteiger partial charge in [-0.25, -0.2) is 0 Å². The first-order valence-electron chi connectivity index (χ1n) is 6.41. The Kier molecular flexibility index (Phi) is 7.74. The fourth-order valence-corrected chi connectivity index (χ4v) is 1.51. The van der Waals surface area contributed by atoms with Crippen molar-refractivity contribution in [1.82, 2.24) is 10.6 Å². The summed E-state index contributed by atoms with van der Waals surface area (Å²) in [7, 11) is 0. The zero-order valence-corrected chi connectivity index (χ0v) is 11.5. The fourth-order valence-electron chi connectivity index (χ4n) is 1.51. The summed E-state index contributed by atoms with van der Waals surface area (Å²) < 4.78 is 0. The minimum atomic E-state index is -2.08. The van der Waals surface area contributed by atoms with Crippen molar-refractivity contribution in [1.29, 1.82) is 0 Å². The molecule has 110 valence electrons. The van der Waals surface area contributed by atoms with Crippen LogP contribution in [0.4, 0.5) is 0 Å². The molecule has 1 unspecified atom stereocenters. The molecular formula is C12H23N3O4. The van der Waals surface area contributed by atoms with E-state index in [-0.39, 0.29) is 0 Å². The Morgan fingerprint density at radius 1 is 1.05 bits per heavy atom. The van der Waals surface area contributed by atoms with Gasteiger partial charge in [0.1, 0.15) is 0 Å². The molecule has 19 heavy (non-hydrogen) atoms. The molecule has 1 atom stereocenters. The average Bonchev–Trinajstić information content (AvgIpc) is 2.32. The molecule has 0 heterocycles. The maximum atomic E-state index is 11.8. The van der Waals surface area contributed by atoms with Crippen LogP contribution < -0.4 is 16.4 Å². The van der Waals surface area contributed by atoms with E-state index in [0.29, 0.717) is 19.5 Å². The van der Waals surface area contributed by atoms with Gasteiger partial charge in [-0.05, 0) is 12.8 Å². The fraction of sp³-hybridized carbons (Fsp3) is 0.750. The Bertz CT molecular complexity index is 333. The first-order valence-corrected chi connectivity index (χ1v) is 6.41. The van der Waals surface area contributed by atoms with Gasteiger partial charge >= 0.3 is 0 Å². The van der Waals surface area contributed by atoms with E-state index in [1.54, 1.807) is 0 Å². The monoisotopic (exact) mass is 273 g/mol. The molecule has 0 bridgehead atoms. The molecule has 5 N–H and O–H groups in total. The van der Waals surface area contributed by atoms with E-state index < -0.39 is 36.2 Å². The van der Waals surface area contributed by atoms with E-state index in [4.69, 9.17) is 5.73 Å². The molecule has 0 fully saturated rings. The molecule has 3 amide bonds.